The third-order valence-electron chi connectivity index (χ3n) is 3.39. The van der Waals surface area contributed by atoms with E-state index in [2.05, 4.69) is 52.2 Å². The van der Waals surface area contributed by atoms with Gasteiger partial charge in [0.1, 0.15) is 0 Å². The number of hydrogen-bond donors (Lipinski definition) is 1. The molecule has 0 radical (unpaired) electrons. The van der Waals surface area contributed by atoms with Crippen LogP contribution in [0.5, 0.6) is 0 Å². The Morgan fingerprint density at radius 2 is 2.33 bits per heavy atom. The lowest BCUT2D eigenvalue weighted by Gasteiger charge is -2.19. The molecule has 7 heteroatoms. The van der Waals surface area contributed by atoms with Gasteiger partial charge in [0.05, 0.1) is 18.7 Å². The van der Waals surface area contributed by atoms with Gasteiger partial charge < -0.3 is 10.1 Å². The first-order chi connectivity index (χ1) is 10.3. The maximum Gasteiger partial charge on any atom is 0.168 e. The lowest BCUT2D eigenvalue weighted by atomic mass is 10.1. The van der Waals surface area contributed by atoms with Gasteiger partial charge in [-0.25, -0.2) is 4.68 Å². The molecule has 0 saturated heterocycles. The van der Waals surface area contributed by atoms with Crippen LogP contribution >= 0.6 is 11.3 Å². The molecule has 2 heterocycles. The number of hydrogen-bond acceptors (Lipinski definition) is 6. The SMILES string of the molecule is CCCC(c1cccs1)n1nnnc1C(C)NCCOC. The maximum absolute atomic E-state index is 5.07. The molecule has 6 nitrogen and oxygen atoms in total. The summed E-state index contributed by atoms with van der Waals surface area (Å²) < 4.78 is 7.02. The second-order valence-corrected chi connectivity index (χ2v) is 5.95. The highest BCUT2D eigenvalue weighted by Crippen LogP contribution is 2.28. The smallest absolute Gasteiger partial charge is 0.168 e. The summed E-state index contributed by atoms with van der Waals surface area (Å²) in [5, 5.41) is 17.8. The van der Waals surface area contributed by atoms with Crippen LogP contribution in [-0.2, 0) is 4.74 Å². The van der Waals surface area contributed by atoms with E-state index < -0.39 is 0 Å². The summed E-state index contributed by atoms with van der Waals surface area (Å²) in [7, 11) is 1.70. The molecule has 0 bridgehead atoms. The van der Waals surface area contributed by atoms with E-state index in [4.69, 9.17) is 4.74 Å². The second kappa shape index (κ2) is 8.21. The molecule has 2 rings (SSSR count). The largest absolute Gasteiger partial charge is 0.383 e. The number of nitrogens with zero attached hydrogens (tertiary/aromatic N) is 4. The fourth-order valence-corrected chi connectivity index (χ4v) is 3.16. The Labute approximate surface area is 129 Å². The number of thiophene rings is 1. The fraction of sp³-hybridized carbons (Fsp3) is 0.643. The van der Waals surface area contributed by atoms with Crippen LogP contribution in [0.4, 0.5) is 0 Å². The normalized spacial score (nSPS) is 14.2. The van der Waals surface area contributed by atoms with E-state index in [-0.39, 0.29) is 12.1 Å². The molecule has 2 aromatic rings. The molecule has 0 aromatic carbocycles. The Bertz CT molecular complexity index is 513. The molecule has 2 aromatic heterocycles. The summed E-state index contributed by atoms with van der Waals surface area (Å²) in [5.74, 6) is 0.873. The highest BCUT2D eigenvalue weighted by atomic mass is 32.1. The molecule has 116 valence electrons. The van der Waals surface area contributed by atoms with Crippen molar-refractivity contribution in [2.45, 2.75) is 38.8 Å². The molecule has 0 aliphatic rings. The first kappa shape index (κ1) is 16.1. The maximum atomic E-state index is 5.07. The van der Waals surface area contributed by atoms with E-state index >= 15 is 0 Å². The van der Waals surface area contributed by atoms with Gasteiger partial charge in [0.25, 0.3) is 0 Å². The molecule has 21 heavy (non-hydrogen) atoms. The quantitative estimate of drug-likeness (QED) is 0.721. The van der Waals surface area contributed by atoms with Gasteiger partial charge in [0, 0.05) is 18.5 Å². The monoisotopic (exact) mass is 309 g/mol. The van der Waals surface area contributed by atoms with Gasteiger partial charge in [0.15, 0.2) is 5.82 Å². The third kappa shape index (κ3) is 4.09. The minimum Gasteiger partial charge on any atom is -0.383 e. The Kier molecular flexibility index (Phi) is 6.28. The summed E-state index contributed by atoms with van der Waals surface area (Å²) in [6.07, 6.45) is 2.12. The molecular weight excluding hydrogens is 286 g/mol. The zero-order valence-corrected chi connectivity index (χ0v) is 13.6. The van der Waals surface area contributed by atoms with Gasteiger partial charge in [-0.3, -0.25) is 0 Å². The minimum absolute atomic E-state index is 0.0921. The molecule has 2 atom stereocenters. The van der Waals surface area contributed by atoms with E-state index in [0.29, 0.717) is 6.61 Å². The topological polar surface area (TPSA) is 64.9 Å². The van der Waals surface area contributed by atoms with Crippen molar-refractivity contribution in [3.05, 3.63) is 28.2 Å². The number of ether oxygens (including phenoxy) is 1. The van der Waals surface area contributed by atoms with Crippen LogP contribution in [0.15, 0.2) is 17.5 Å². The van der Waals surface area contributed by atoms with E-state index in [0.717, 1.165) is 25.2 Å². The fourth-order valence-electron chi connectivity index (χ4n) is 2.32. The van der Waals surface area contributed by atoms with Crippen LogP contribution in [0.1, 0.15) is 49.5 Å². The third-order valence-corrected chi connectivity index (χ3v) is 4.36. The van der Waals surface area contributed by atoms with Gasteiger partial charge in [-0.15, -0.1) is 16.4 Å². The van der Waals surface area contributed by atoms with Crippen LogP contribution in [0.2, 0.25) is 0 Å². The van der Waals surface area contributed by atoms with Crippen molar-refractivity contribution in [3.63, 3.8) is 0 Å². The number of methoxy groups -OCH3 is 1. The summed E-state index contributed by atoms with van der Waals surface area (Å²) in [5.41, 5.74) is 0. The van der Waals surface area contributed by atoms with Crippen molar-refractivity contribution in [3.8, 4) is 0 Å². The highest BCUT2D eigenvalue weighted by molar-refractivity contribution is 7.10. The molecule has 0 spiro atoms. The molecule has 0 fully saturated rings. The van der Waals surface area contributed by atoms with Crippen LogP contribution in [0, 0.1) is 0 Å². The first-order valence-electron chi connectivity index (χ1n) is 7.31. The zero-order chi connectivity index (χ0) is 15.1. The summed E-state index contributed by atoms with van der Waals surface area (Å²) in [6.45, 7) is 5.72. The van der Waals surface area contributed by atoms with Crippen LogP contribution < -0.4 is 5.32 Å². The predicted octanol–water partition coefficient (Wildman–Crippen LogP) is 2.42. The van der Waals surface area contributed by atoms with Crippen LogP contribution in [0.3, 0.4) is 0 Å². The van der Waals surface area contributed by atoms with Gasteiger partial charge in [0.2, 0.25) is 0 Å². The van der Waals surface area contributed by atoms with Gasteiger partial charge in [-0.2, -0.15) is 0 Å². The molecule has 2 unspecified atom stereocenters. The first-order valence-corrected chi connectivity index (χ1v) is 8.19. The van der Waals surface area contributed by atoms with E-state index in [9.17, 15) is 0 Å². The Balaban J connectivity index is 2.16. The van der Waals surface area contributed by atoms with Gasteiger partial charge in [-0.05, 0) is 35.2 Å². The Hall–Kier alpha value is -1.31. The van der Waals surface area contributed by atoms with Crippen LogP contribution in [-0.4, -0.2) is 40.5 Å². The number of tetrazole rings is 1. The molecule has 0 saturated carbocycles. The average molecular weight is 309 g/mol. The standard InChI is InChI=1S/C14H23N5OS/c1-4-6-12(13-7-5-10-21-13)19-14(16-17-18-19)11(2)15-8-9-20-3/h5,7,10-12,15H,4,6,8-9H2,1-3H3. The molecule has 1 N–H and O–H groups in total. The summed E-state index contributed by atoms with van der Waals surface area (Å²) in [6, 6.07) is 4.54. The van der Waals surface area contributed by atoms with E-state index in [1.165, 1.54) is 4.88 Å². The van der Waals surface area contributed by atoms with Gasteiger partial charge >= 0.3 is 0 Å². The molecule has 0 aliphatic heterocycles. The van der Waals surface area contributed by atoms with Crippen molar-refractivity contribution in [1.82, 2.24) is 25.5 Å². The summed E-state index contributed by atoms with van der Waals surface area (Å²) >= 11 is 1.75. The van der Waals surface area contributed by atoms with Gasteiger partial charge in [-0.1, -0.05) is 19.4 Å². The lowest BCUT2D eigenvalue weighted by Crippen LogP contribution is -2.27. The number of rotatable bonds is 9. The van der Waals surface area contributed by atoms with Crippen molar-refractivity contribution >= 4 is 11.3 Å². The van der Waals surface area contributed by atoms with Crippen LogP contribution in [0.25, 0.3) is 0 Å². The molecule has 0 amide bonds. The molecular formula is C14H23N5OS. The molecule has 0 aliphatic carbocycles. The predicted molar refractivity (Wildman–Crippen MR) is 83.5 cm³/mol. The Morgan fingerprint density at radius 1 is 1.48 bits per heavy atom. The minimum atomic E-state index is 0.0921. The Morgan fingerprint density at radius 3 is 3.00 bits per heavy atom. The number of nitrogens with one attached hydrogen (secondary N) is 1. The summed E-state index contributed by atoms with van der Waals surface area (Å²) in [4.78, 5) is 1.30. The lowest BCUT2D eigenvalue weighted by molar-refractivity contribution is 0.195. The zero-order valence-electron chi connectivity index (χ0n) is 12.8. The van der Waals surface area contributed by atoms with Crippen molar-refractivity contribution in [1.29, 1.82) is 0 Å². The van der Waals surface area contributed by atoms with E-state index in [1.54, 1.807) is 18.4 Å². The van der Waals surface area contributed by atoms with Crippen molar-refractivity contribution < 1.29 is 4.74 Å². The van der Waals surface area contributed by atoms with E-state index in [1.807, 2.05) is 4.68 Å². The second-order valence-electron chi connectivity index (χ2n) is 4.97. The van der Waals surface area contributed by atoms with Crippen molar-refractivity contribution in [2.24, 2.45) is 0 Å². The highest BCUT2D eigenvalue weighted by Gasteiger charge is 2.22. The average Bonchev–Trinajstić information content (AvgIpc) is 3.16. The number of aromatic nitrogens is 4. The van der Waals surface area contributed by atoms with Crippen molar-refractivity contribution in [2.75, 3.05) is 20.3 Å².